The van der Waals surface area contributed by atoms with Crippen molar-refractivity contribution in [2.75, 3.05) is 6.61 Å². The molecule has 0 heterocycles. The van der Waals surface area contributed by atoms with Gasteiger partial charge in [0.1, 0.15) is 5.60 Å². The first kappa shape index (κ1) is 13.4. The summed E-state index contributed by atoms with van der Waals surface area (Å²) in [7, 11) is 0. The minimum absolute atomic E-state index is 0. The summed E-state index contributed by atoms with van der Waals surface area (Å²) in [5, 5.41) is 20.0. The van der Waals surface area contributed by atoms with E-state index < -0.39 is 5.60 Å². The molecule has 0 saturated carbocycles. The molecule has 0 atom stereocenters. The van der Waals surface area contributed by atoms with E-state index in [4.69, 9.17) is 0 Å². The van der Waals surface area contributed by atoms with Gasteiger partial charge in [0, 0.05) is 0 Å². The number of rotatable bonds is 3. The second kappa shape index (κ2) is 5.59. The van der Waals surface area contributed by atoms with Gasteiger partial charge in [0.05, 0.1) is 6.61 Å². The summed E-state index contributed by atoms with van der Waals surface area (Å²) in [6.45, 7) is -0.332. The largest absolute Gasteiger partial charge is 0.412 e. The van der Waals surface area contributed by atoms with Crippen LogP contribution in [0.25, 0.3) is 0 Å². The molecule has 3 heteroatoms. The first-order valence-electron chi connectivity index (χ1n) is 5.21. The molecule has 0 amide bonds. The molecule has 4 N–H and O–H groups in total. The molecule has 0 fully saturated rings. The Hall–Kier alpha value is -1.68. The highest BCUT2D eigenvalue weighted by Crippen LogP contribution is 2.28. The van der Waals surface area contributed by atoms with Crippen LogP contribution in [-0.2, 0) is 5.60 Å². The topological polar surface area (TPSA) is 72.0 Å². The molecule has 0 aliphatic rings. The van der Waals surface area contributed by atoms with Gasteiger partial charge in [-0.05, 0) is 11.1 Å². The Kier molecular flexibility index (Phi) is 4.40. The van der Waals surface area contributed by atoms with Crippen molar-refractivity contribution in [2.45, 2.75) is 5.60 Å². The third kappa shape index (κ3) is 2.53. The predicted molar refractivity (Wildman–Crippen MR) is 66.6 cm³/mol. The van der Waals surface area contributed by atoms with Gasteiger partial charge in [0.2, 0.25) is 0 Å². The smallest absolute Gasteiger partial charge is 0.138 e. The van der Waals surface area contributed by atoms with Crippen molar-refractivity contribution in [3.05, 3.63) is 71.8 Å². The Bertz CT molecular complexity index is 400. The zero-order valence-corrected chi connectivity index (χ0v) is 9.38. The molecule has 0 unspecified atom stereocenters. The Morgan fingerprint density at radius 3 is 1.41 bits per heavy atom. The maximum absolute atomic E-state index is 10.5. The van der Waals surface area contributed by atoms with Gasteiger partial charge in [-0.2, -0.15) is 0 Å². The van der Waals surface area contributed by atoms with Crippen molar-refractivity contribution >= 4 is 0 Å². The van der Waals surface area contributed by atoms with Crippen molar-refractivity contribution in [2.24, 2.45) is 0 Å². The fraction of sp³-hybridized carbons (Fsp3) is 0.143. The van der Waals surface area contributed by atoms with Gasteiger partial charge in [-0.25, -0.2) is 0 Å². The van der Waals surface area contributed by atoms with Gasteiger partial charge >= 0.3 is 0 Å². The van der Waals surface area contributed by atoms with Gasteiger partial charge < -0.3 is 15.7 Å². The molecule has 17 heavy (non-hydrogen) atoms. The highest BCUT2D eigenvalue weighted by Gasteiger charge is 2.30. The normalized spacial score (nSPS) is 10.7. The summed E-state index contributed by atoms with van der Waals surface area (Å²) in [6.07, 6.45) is 0. The summed E-state index contributed by atoms with van der Waals surface area (Å²) in [4.78, 5) is 0. The number of aliphatic hydroxyl groups is 2. The van der Waals surface area contributed by atoms with Crippen LogP contribution in [0.5, 0.6) is 0 Å². The van der Waals surface area contributed by atoms with Crippen LogP contribution in [0.2, 0.25) is 0 Å². The number of hydrogen-bond donors (Lipinski definition) is 2. The van der Waals surface area contributed by atoms with Crippen LogP contribution in [0.15, 0.2) is 60.7 Å². The first-order chi connectivity index (χ1) is 7.77. The van der Waals surface area contributed by atoms with Gasteiger partial charge in [0.15, 0.2) is 0 Å². The minimum atomic E-state index is -1.32. The van der Waals surface area contributed by atoms with Crippen molar-refractivity contribution in [3.63, 3.8) is 0 Å². The molecule has 0 spiro atoms. The Morgan fingerprint density at radius 2 is 1.12 bits per heavy atom. The number of aliphatic hydroxyl groups excluding tert-OH is 1. The summed E-state index contributed by atoms with van der Waals surface area (Å²) >= 11 is 0. The van der Waals surface area contributed by atoms with Crippen LogP contribution in [0, 0.1) is 0 Å². The Labute approximate surface area is 100 Å². The lowest BCUT2D eigenvalue weighted by atomic mass is 9.87. The van der Waals surface area contributed by atoms with E-state index in [1.165, 1.54) is 0 Å². The fourth-order valence-corrected chi connectivity index (χ4v) is 1.78. The predicted octanol–water partition coefficient (Wildman–Crippen LogP) is 1.09. The zero-order chi connectivity index (χ0) is 11.4. The van der Waals surface area contributed by atoms with E-state index in [0.29, 0.717) is 11.1 Å². The van der Waals surface area contributed by atoms with Crippen LogP contribution in [0.3, 0.4) is 0 Å². The molecule has 2 aromatic rings. The van der Waals surface area contributed by atoms with Crippen LogP contribution < -0.4 is 0 Å². The minimum Gasteiger partial charge on any atom is -0.412 e. The van der Waals surface area contributed by atoms with E-state index in [1.54, 1.807) is 0 Å². The molecule has 2 aromatic carbocycles. The van der Waals surface area contributed by atoms with Crippen molar-refractivity contribution < 1.29 is 15.7 Å². The standard InChI is InChI=1S/C14H14O2.H2O/c15-11-14(16,12-7-3-1-4-8-12)13-9-5-2-6-10-13;/h1-10,15-16H,11H2;1H2. The molecule has 0 radical (unpaired) electrons. The van der Waals surface area contributed by atoms with Gasteiger partial charge in [-0.3, -0.25) is 0 Å². The lowest BCUT2D eigenvalue weighted by Gasteiger charge is -2.26. The van der Waals surface area contributed by atoms with E-state index in [1.807, 2.05) is 60.7 Å². The van der Waals surface area contributed by atoms with Crippen LogP contribution >= 0.6 is 0 Å². The SMILES string of the molecule is O.OCC(O)(c1ccccc1)c1ccccc1. The quantitative estimate of drug-likeness (QED) is 0.831. The Morgan fingerprint density at radius 1 is 0.765 bits per heavy atom. The Balaban J connectivity index is 0.00000144. The van der Waals surface area contributed by atoms with E-state index in [9.17, 15) is 10.2 Å². The zero-order valence-electron chi connectivity index (χ0n) is 9.38. The molecular formula is C14H16O3. The third-order valence-electron chi connectivity index (χ3n) is 2.73. The van der Waals surface area contributed by atoms with Gasteiger partial charge in [0.25, 0.3) is 0 Å². The third-order valence-corrected chi connectivity index (χ3v) is 2.73. The second-order valence-corrected chi connectivity index (χ2v) is 3.75. The van der Waals surface area contributed by atoms with Crippen molar-refractivity contribution in [1.82, 2.24) is 0 Å². The molecule has 0 bridgehead atoms. The lowest BCUT2D eigenvalue weighted by Crippen LogP contribution is -2.31. The van der Waals surface area contributed by atoms with Crippen LogP contribution in [-0.4, -0.2) is 22.3 Å². The van der Waals surface area contributed by atoms with Crippen LogP contribution in [0.4, 0.5) is 0 Å². The monoisotopic (exact) mass is 232 g/mol. The van der Waals surface area contributed by atoms with E-state index in [-0.39, 0.29) is 12.1 Å². The molecular weight excluding hydrogens is 216 g/mol. The van der Waals surface area contributed by atoms with Crippen molar-refractivity contribution in [3.8, 4) is 0 Å². The molecule has 0 saturated heterocycles. The number of hydrogen-bond acceptors (Lipinski definition) is 2. The average Bonchev–Trinajstić information content (AvgIpc) is 2.40. The maximum atomic E-state index is 10.5. The van der Waals surface area contributed by atoms with Gasteiger partial charge in [-0.15, -0.1) is 0 Å². The lowest BCUT2D eigenvalue weighted by molar-refractivity contribution is 0.0173. The molecule has 3 nitrogen and oxygen atoms in total. The van der Waals surface area contributed by atoms with E-state index >= 15 is 0 Å². The second-order valence-electron chi connectivity index (χ2n) is 3.75. The average molecular weight is 232 g/mol. The molecule has 0 aliphatic heterocycles. The molecule has 2 rings (SSSR count). The van der Waals surface area contributed by atoms with E-state index in [0.717, 1.165) is 0 Å². The summed E-state index contributed by atoms with van der Waals surface area (Å²) in [5.41, 5.74) is 0.0788. The van der Waals surface area contributed by atoms with E-state index in [2.05, 4.69) is 0 Å². The van der Waals surface area contributed by atoms with Crippen LogP contribution in [0.1, 0.15) is 11.1 Å². The van der Waals surface area contributed by atoms with Gasteiger partial charge in [-0.1, -0.05) is 60.7 Å². The maximum Gasteiger partial charge on any atom is 0.138 e. The highest BCUT2D eigenvalue weighted by molar-refractivity contribution is 5.35. The molecule has 0 aromatic heterocycles. The molecule has 90 valence electrons. The summed E-state index contributed by atoms with van der Waals surface area (Å²) in [6, 6.07) is 18.4. The van der Waals surface area contributed by atoms with Crippen molar-refractivity contribution in [1.29, 1.82) is 0 Å². The fourth-order valence-electron chi connectivity index (χ4n) is 1.78. The summed E-state index contributed by atoms with van der Waals surface area (Å²) in [5.74, 6) is 0. The summed E-state index contributed by atoms with van der Waals surface area (Å²) < 4.78 is 0. The highest BCUT2D eigenvalue weighted by atomic mass is 16.3. The first-order valence-corrected chi connectivity index (χ1v) is 5.21. The number of benzene rings is 2. The molecule has 0 aliphatic carbocycles.